The molecule has 0 aliphatic carbocycles. The first-order valence-corrected chi connectivity index (χ1v) is 19.8. The number of nitrogens with one attached hydrogen (secondary N) is 1. The number of carbonyl (C=O) groups is 2. The largest absolute Gasteiger partial charge is 0.677 e. The van der Waals surface area contributed by atoms with Crippen LogP contribution in [-0.4, -0.2) is 50.5 Å². The Morgan fingerprint density at radius 3 is 2.29 bits per heavy atom. The van der Waals surface area contributed by atoms with Crippen molar-refractivity contribution in [3.63, 3.8) is 0 Å². The number of hydrogen-bond acceptors (Lipinski definition) is 4. The number of hydrogen-bond donors (Lipinski definition) is 1. The highest BCUT2D eigenvalue weighted by Crippen LogP contribution is 2.23. The average Bonchev–Trinajstić information content (AvgIpc) is 3.55. The van der Waals surface area contributed by atoms with Crippen LogP contribution in [0.15, 0.2) is 59.6 Å². The summed E-state index contributed by atoms with van der Waals surface area (Å²) in [6, 6.07) is 10.1. The Labute approximate surface area is 281 Å². The van der Waals surface area contributed by atoms with Crippen molar-refractivity contribution in [1.29, 1.82) is 0 Å². The fourth-order valence-electron chi connectivity index (χ4n) is 6.28. The number of Topliss-reactive ketones (excluding diaryl/α,β-unsaturated/α-hetero) is 1. The number of allylic oxidation sites excluding steroid dienone is 1. The van der Waals surface area contributed by atoms with Crippen LogP contribution in [0.2, 0.25) is 19.6 Å². The van der Waals surface area contributed by atoms with E-state index in [0.717, 1.165) is 21.3 Å². The summed E-state index contributed by atoms with van der Waals surface area (Å²) < 4.78 is 63.3. The Kier molecular flexibility index (Phi) is 12.4. The van der Waals surface area contributed by atoms with Crippen molar-refractivity contribution in [2.45, 2.75) is 90.7 Å². The minimum absolute atomic E-state index is 0.0962. The van der Waals surface area contributed by atoms with Crippen molar-refractivity contribution >= 4 is 38.1 Å². The van der Waals surface area contributed by atoms with Gasteiger partial charge in [-0.15, -0.1) is 0 Å². The van der Waals surface area contributed by atoms with Crippen LogP contribution in [0.3, 0.4) is 0 Å². The molecule has 0 saturated heterocycles. The smallest absolute Gasteiger partial charge is 0.380 e. The quantitative estimate of drug-likeness (QED) is 0.101. The average molecular weight is 682 g/mol. The molecule has 2 atom stereocenters. The molecule has 0 saturated carbocycles. The lowest BCUT2D eigenvalue weighted by Gasteiger charge is -2.21. The molecule has 3 aromatic rings. The third kappa shape index (κ3) is 9.44. The second kappa shape index (κ2) is 16.1. The van der Waals surface area contributed by atoms with Crippen LogP contribution < -0.4 is 10.5 Å². The van der Waals surface area contributed by atoms with E-state index in [4.69, 9.17) is 9.73 Å². The molecule has 0 radical (unpaired) electrons. The van der Waals surface area contributed by atoms with Gasteiger partial charge in [-0.25, -0.2) is 8.78 Å². The number of benzene rings is 2. The molecule has 0 fully saturated rings. The maximum atomic E-state index is 14.9. The van der Waals surface area contributed by atoms with Crippen LogP contribution in [0, 0.1) is 25.5 Å². The molecule has 1 aromatic heterocycles. The molecule has 1 amide bonds. The van der Waals surface area contributed by atoms with Gasteiger partial charge in [-0.1, -0.05) is 50.0 Å². The lowest BCUT2D eigenvalue weighted by Crippen LogP contribution is -2.42. The van der Waals surface area contributed by atoms with E-state index in [-0.39, 0.29) is 41.3 Å². The standard InChI is InChI=1S/C36H44BF4N3O3Si/c1-23-17-24(2)44(37(40)41)32(23)21-29-16-15-28(42-29)9-7-8-10-34(46)43-35(27-13-11-25(12-14-27)22-47-3)33(45)20-26-18-30(38)36(31(39)19-26)48(4,5)6/h11-19,29,35H,7-10,20-22H2,1-6H3,(H,43,46). The zero-order valence-corrected chi connectivity index (χ0v) is 29.5. The fraction of sp³-hybridized carbons (Fsp3) is 0.417. The predicted octanol–water partition coefficient (Wildman–Crippen LogP) is 7.00. The molecule has 12 heteroatoms. The van der Waals surface area contributed by atoms with Crippen LogP contribution in [-0.2, 0) is 33.8 Å². The van der Waals surface area contributed by atoms with E-state index in [1.807, 2.05) is 50.8 Å². The molecule has 1 aliphatic rings. The van der Waals surface area contributed by atoms with Crippen LogP contribution in [0.25, 0.3) is 0 Å². The van der Waals surface area contributed by atoms with Gasteiger partial charge in [-0.3, -0.25) is 23.2 Å². The summed E-state index contributed by atoms with van der Waals surface area (Å²) in [5.74, 6) is -2.01. The molecule has 256 valence electrons. The number of aryl methyl sites for hydroxylation is 2. The van der Waals surface area contributed by atoms with Crippen LogP contribution >= 0.6 is 0 Å². The summed E-state index contributed by atoms with van der Waals surface area (Å²) in [4.78, 5) is 31.3. The number of rotatable bonds is 16. The van der Waals surface area contributed by atoms with Gasteiger partial charge in [-0.05, 0) is 79.6 Å². The van der Waals surface area contributed by atoms with Crippen molar-refractivity contribution in [3.05, 3.63) is 99.9 Å². The molecule has 2 unspecified atom stereocenters. The number of halogens is 4. The van der Waals surface area contributed by atoms with Crippen LogP contribution in [0.5, 0.6) is 0 Å². The molecule has 1 aliphatic heterocycles. The lowest BCUT2D eigenvalue weighted by atomic mass is 9.96. The van der Waals surface area contributed by atoms with E-state index in [1.54, 1.807) is 32.2 Å². The Balaban J connectivity index is 1.37. The van der Waals surface area contributed by atoms with E-state index >= 15 is 0 Å². The van der Waals surface area contributed by atoms with Gasteiger partial charge in [0, 0.05) is 48.7 Å². The van der Waals surface area contributed by atoms with Gasteiger partial charge in [0.15, 0.2) is 5.78 Å². The van der Waals surface area contributed by atoms with E-state index in [0.29, 0.717) is 49.2 Å². The molecule has 0 spiro atoms. The van der Waals surface area contributed by atoms with Crippen molar-refractivity contribution < 1.29 is 31.7 Å². The minimum atomic E-state index is -2.61. The van der Waals surface area contributed by atoms with Gasteiger partial charge in [0.1, 0.15) is 17.7 Å². The Hall–Kier alpha value is -3.77. The second-order valence-electron chi connectivity index (χ2n) is 13.5. The number of amides is 1. The summed E-state index contributed by atoms with van der Waals surface area (Å²) in [6.07, 6.45) is 5.97. The lowest BCUT2D eigenvalue weighted by molar-refractivity contribution is -0.127. The zero-order valence-electron chi connectivity index (χ0n) is 28.5. The van der Waals surface area contributed by atoms with Crippen LogP contribution in [0.4, 0.5) is 17.4 Å². The van der Waals surface area contributed by atoms with E-state index in [1.165, 1.54) is 12.1 Å². The maximum absolute atomic E-state index is 14.9. The normalized spacial score (nSPS) is 15.0. The molecule has 48 heavy (non-hydrogen) atoms. The highest BCUT2D eigenvalue weighted by Gasteiger charge is 2.28. The molecule has 6 nitrogen and oxygen atoms in total. The molecule has 2 heterocycles. The first kappa shape index (κ1) is 37.1. The van der Waals surface area contributed by atoms with Crippen molar-refractivity contribution in [3.8, 4) is 0 Å². The van der Waals surface area contributed by atoms with Gasteiger partial charge in [0.25, 0.3) is 0 Å². The number of unbranched alkanes of at least 4 members (excludes halogenated alkanes) is 1. The number of methoxy groups -OCH3 is 1. The van der Waals surface area contributed by atoms with Crippen LogP contribution in [0.1, 0.15) is 65.4 Å². The summed E-state index contributed by atoms with van der Waals surface area (Å²) >= 11 is 0. The van der Waals surface area contributed by atoms with Gasteiger partial charge >= 0.3 is 7.40 Å². The number of nitrogens with zero attached hydrogens (tertiary/aromatic N) is 2. The molecule has 0 bridgehead atoms. The molecular formula is C36H44BF4N3O3Si. The molecule has 1 N–H and O–H groups in total. The van der Waals surface area contributed by atoms with Gasteiger partial charge in [0.2, 0.25) is 5.91 Å². The molecular weight excluding hydrogens is 637 g/mol. The highest BCUT2D eigenvalue weighted by atomic mass is 28.3. The number of ether oxygens (including phenoxy) is 1. The van der Waals surface area contributed by atoms with Gasteiger partial charge < -0.3 is 14.5 Å². The van der Waals surface area contributed by atoms with Crippen molar-refractivity contribution in [2.24, 2.45) is 4.99 Å². The number of ketones is 1. The SMILES string of the molecule is COCc1ccc(C(NC(=O)CCCCC2=NC(Cc3c(C)cc(C)n3B(F)F)C=C2)C(=O)Cc2cc(F)c([Si](C)(C)C)c(F)c2)cc1. The highest BCUT2D eigenvalue weighted by molar-refractivity contribution is 6.88. The van der Waals surface area contributed by atoms with Gasteiger partial charge in [-0.2, -0.15) is 0 Å². The molecule has 2 aromatic carbocycles. The summed E-state index contributed by atoms with van der Waals surface area (Å²) in [7, 11) is -3.31. The second-order valence-corrected chi connectivity index (χ2v) is 18.5. The Bertz CT molecular complexity index is 1660. The third-order valence-corrected chi connectivity index (χ3v) is 10.5. The number of aliphatic imine (C=N–C) groups is 1. The van der Waals surface area contributed by atoms with Crippen molar-refractivity contribution in [2.75, 3.05) is 7.11 Å². The summed E-state index contributed by atoms with van der Waals surface area (Å²) in [5, 5.41) is 2.94. The van der Waals surface area contributed by atoms with E-state index in [2.05, 4.69) is 5.32 Å². The molecule has 4 rings (SSSR count). The topological polar surface area (TPSA) is 72.7 Å². The number of aromatic nitrogens is 1. The van der Waals surface area contributed by atoms with E-state index in [9.17, 15) is 27.0 Å². The predicted molar refractivity (Wildman–Crippen MR) is 186 cm³/mol. The summed E-state index contributed by atoms with van der Waals surface area (Å²) in [6.45, 7) is 9.45. The van der Waals surface area contributed by atoms with E-state index < -0.39 is 33.2 Å². The Morgan fingerprint density at radius 2 is 1.69 bits per heavy atom. The van der Waals surface area contributed by atoms with Gasteiger partial charge in [0.05, 0.1) is 20.7 Å². The number of carbonyl (C=O) groups excluding carboxylic acids is 2. The fourth-order valence-corrected chi connectivity index (χ4v) is 7.85. The third-order valence-electron chi connectivity index (χ3n) is 8.56. The first-order valence-electron chi connectivity index (χ1n) is 16.3. The first-order chi connectivity index (χ1) is 22.7. The summed E-state index contributed by atoms with van der Waals surface area (Å²) in [5.41, 5.74) is 4.44. The minimum Gasteiger partial charge on any atom is -0.380 e. The zero-order chi connectivity index (χ0) is 35.2. The monoisotopic (exact) mass is 681 g/mol. The van der Waals surface area contributed by atoms with Crippen molar-refractivity contribution in [1.82, 2.24) is 9.79 Å². The maximum Gasteiger partial charge on any atom is 0.677 e. The Morgan fingerprint density at radius 1 is 1.02 bits per heavy atom.